The van der Waals surface area contributed by atoms with Crippen molar-refractivity contribution in [2.24, 2.45) is 12.8 Å². The average molecular weight is 219 g/mol. The molecule has 16 heavy (non-hydrogen) atoms. The molecule has 0 fully saturated rings. The van der Waals surface area contributed by atoms with Gasteiger partial charge in [0.25, 0.3) is 0 Å². The molecule has 0 aliphatic heterocycles. The highest BCUT2D eigenvalue weighted by atomic mass is 16.5. The van der Waals surface area contributed by atoms with Gasteiger partial charge < -0.3 is 10.5 Å². The number of nitrogens with two attached hydrogens (primary N) is 1. The molecule has 84 valence electrons. The number of aromatic nitrogens is 4. The van der Waals surface area contributed by atoms with Crippen LogP contribution in [0.2, 0.25) is 0 Å². The van der Waals surface area contributed by atoms with Gasteiger partial charge in [0.2, 0.25) is 5.88 Å². The molecule has 0 aliphatic rings. The summed E-state index contributed by atoms with van der Waals surface area (Å²) in [5.41, 5.74) is 7.74. The van der Waals surface area contributed by atoms with E-state index in [1.54, 1.807) is 31.2 Å². The number of rotatable bonds is 3. The Labute approximate surface area is 93.1 Å². The van der Waals surface area contributed by atoms with Crippen molar-refractivity contribution in [2.45, 2.75) is 6.04 Å². The summed E-state index contributed by atoms with van der Waals surface area (Å²) in [6, 6.07) is 3.36. The van der Waals surface area contributed by atoms with Gasteiger partial charge in [0.05, 0.1) is 25.0 Å². The van der Waals surface area contributed by atoms with Crippen molar-refractivity contribution in [3.8, 4) is 5.88 Å². The highest BCUT2D eigenvalue weighted by Crippen LogP contribution is 2.24. The number of hydrogen-bond donors (Lipinski definition) is 1. The Morgan fingerprint density at radius 3 is 2.94 bits per heavy atom. The summed E-state index contributed by atoms with van der Waals surface area (Å²) in [4.78, 5) is 4.11. The standard InChI is InChI=1S/C10H13N5O/c1-15-8(6-13-14-15)9(11)7-4-3-5-12-10(7)16-2/h3-6,9H,11H2,1-2H3. The molecular formula is C10H13N5O. The zero-order valence-electron chi connectivity index (χ0n) is 9.16. The fourth-order valence-electron chi connectivity index (χ4n) is 1.55. The summed E-state index contributed by atoms with van der Waals surface area (Å²) in [6.07, 6.45) is 3.30. The number of pyridine rings is 1. The van der Waals surface area contributed by atoms with Crippen LogP contribution in [0.3, 0.4) is 0 Å². The summed E-state index contributed by atoms with van der Waals surface area (Å²) >= 11 is 0. The van der Waals surface area contributed by atoms with Gasteiger partial charge in [-0.05, 0) is 6.07 Å². The summed E-state index contributed by atoms with van der Waals surface area (Å²) in [7, 11) is 3.37. The highest BCUT2D eigenvalue weighted by molar-refractivity contribution is 5.33. The third-order valence-corrected chi connectivity index (χ3v) is 2.40. The van der Waals surface area contributed by atoms with Gasteiger partial charge in [-0.15, -0.1) is 5.10 Å². The molecule has 0 aliphatic carbocycles. The van der Waals surface area contributed by atoms with E-state index in [4.69, 9.17) is 10.5 Å². The van der Waals surface area contributed by atoms with Crippen LogP contribution < -0.4 is 10.5 Å². The van der Waals surface area contributed by atoms with E-state index < -0.39 is 0 Å². The minimum absolute atomic E-state index is 0.344. The third-order valence-electron chi connectivity index (χ3n) is 2.40. The number of ether oxygens (including phenoxy) is 1. The van der Waals surface area contributed by atoms with Crippen LogP contribution in [0.1, 0.15) is 17.3 Å². The molecule has 1 unspecified atom stereocenters. The normalized spacial score (nSPS) is 12.4. The maximum Gasteiger partial charge on any atom is 0.218 e. The Morgan fingerprint density at radius 1 is 1.50 bits per heavy atom. The van der Waals surface area contributed by atoms with Crippen molar-refractivity contribution in [3.05, 3.63) is 35.8 Å². The molecule has 2 rings (SSSR count). The lowest BCUT2D eigenvalue weighted by Crippen LogP contribution is -2.17. The lowest BCUT2D eigenvalue weighted by molar-refractivity contribution is 0.390. The van der Waals surface area contributed by atoms with Crippen LogP contribution in [-0.2, 0) is 7.05 Å². The minimum atomic E-state index is -0.344. The van der Waals surface area contributed by atoms with E-state index in [1.165, 1.54) is 0 Å². The molecule has 0 radical (unpaired) electrons. The van der Waals surface area contributed by atoms with E-state index in [0.29, 0.717) is 5.88 Å². The third kappa shape index (κ3) is 1.74. The molecule has 1 atom stereocenters. The second-order valence-corrected chi connectivity index (χ2v) is 3.36. The van der Waals surface area contributed by atoms with E-state index in [-0.39, 0.29) is 6.04 Å². The maximum absolute atomic E-state index is 6.12. The van der Waals surface area contributed by atoms with Crippen LogP contribution in [-0.4, -0.2) is 27.1 Å². The summed E-state index contributed by atoms with van der Waals surface area (Å²) in [6.45, 7) is 0. The van der Waals surface area contributed by atoms with Gasteiger partial charge in [-0.25, -0.2) is 4.98 Å². The monoisotopic (exact) mass is 219 g/mol. The first-order valence-electron chi connectivity index (χ1n) is 4.83. The van der Waals surface area contributed by atoms with Crippen LogP contribution in [0.5, 0.6) is 5.88 Å². The molecule has 0 saturated carbocycles. The molecule has 2 aromatic heterocycles. The largest absolute Gasteiger partial charge is 0.481 e. The Kier molecular flexibility index (Phi) is 2.82. The van der Waals surface area contributed by atoms with Crippen LogP contribution in [0.15, 0.2) is 24.5 Å². The van der Waals surface area contributed by atoms with Gasteiger partial charge in [-0.1, -0.05) is 11.3 Å². The zero-order valence-corrected chi connectivity index (χ0v) is 9.16. The van der Waals surface area contributed by atoms with Gasteiger partial charge >= 0.3 is 0 Å². The lowest BCUT2D eigenvalue weighted by atomic mass is 10.1. The van der Waals surface area contributed by atoms with E-state index in [9.17, 15) is 0 Å². The Hall–Kier alpha value is -1.95. The predicted octanol–water partition coefficient (Wildman–Crippen LogP) is 0.267. The fourth-order valence-corrected chi connectivity index (χ4v) is 1.55. The lowest BCUT2D eigenvalue weighted by Gasteiger charge is -2.13. The average Bonchev–Trinajstić information content (AvgIpc) is 2.74. The Balaban J connectivity index is 2.41. The van der Waals surface area contributed by atoms with Crippen LogP contribution in [0.25, 0.3) is 0 Å². The summed E-state index contributed by atoms with van der Waals surface area (Å²) in [5.74, 6) is 0.524. The minimum Gasteiger partial charge on any atom is -0.481 e. The van der Waals surface area contributed by atoms with Crippen molar-refractivity contribution in [2.75, 3.05) is 7.11 Å². The maximum atomic E-state index is 6.12. The van der Waals surface area contributed by atoms with Crippen LogP contribution >= 0.6 is 0 Å². The molecule has 2 aromatic rings. The first kappa shape index (κ1) is 10.6. The van der Waals surface area contributed by atoms with E-state index in [0.717, 1.165) is 11.3 Å². The highest BCUT2D eigenvalue weighted by Gasteiger charge is 2.17. The second kappa shape index (κ2) is 4.28. The summed E-state index contributed by atoms with van der Waals surface area (Å²) in [5, 5.41) is 7.64. The van der Waals surface area contributed by atoms with Crippen molar-refractivity contribution in [3.63, 3.8) is 0 Å². The molecule has 0 amide bonds. The molecule has 6 nitrogen and oxygen atoms in total. The van der Waals surface area contributed by atoms with E-state index in [1.807, 2.05) is 12.1 Å². The van der Waals surface area contributed by atoms with Crippen LogP contribution in [0.4, 0.5) is 0 Å². The molecular weight excluding hydrogens is 206 g/mol. The topological polar surface area (TPSA) is 78.8 Å². The molecule has 2 N–H and O–H groups in total. The molecule has 0 spiro atoms. The van der Waals surface area contributed by atoms with Gasteiger partial charge in [-0.2, -0.15) is 0 Å². The van der Waals surface area contributed by atoms with Crippen molar-refractivity contribution in [1.29, 1.82) is 0 Å². The SMILES string of the molecule is COc1ncccc1C(N)c1cnnn1C. The van der Waals surface area contributed by atoms with Gasteiger partial charge in [0, 0.05) is 18.8 Å². The molecule has 6 heteroatoms. The zero-order chi connectivity index (χ0) is 11.5. The molecule has 0 aromatic carbocycles. The van der Waals surface area contributed by atoms with Crippen molar-refractivity contribution < 1.29 is 4.74 Å². The Bertz CT molecular complexity index is 482. The smallest absolute Gasteiger partial charge is 0.218 e. The fraction of sp³-hybridized carbons (Fsp3) is 0.300. The number of hydrogen-bond acceptors (Lipinski definition) is 5. The number of methoxy groups -OCH3 is 1. The number of nitrogens with zero attached hydrogens (tertiary/aromatic N) is 4. The van der Waals surface area contributed by atoms with E-state index >= 15 is 0 Å². The molecule has 0 bridgehead atoms. The van der Waals surface area contributed by atoms with Gasteiger partial charge in [0.15, 0.2) is 0 Å². The van der Waals surface area contributed by atoms with Crippen molar-refractivity contribution >= 4 is 0 Å². The molecule has 2 heterocycles. The molecule has 0 saturated heterocycles. The van der Waals surface area contributed by atoms with Crippen LogP contribution in [0, 0.1) is 0 Å². The first-order chi connectivity index (χ1) is 7.74. The number of aryl methyl sites for hydroxylation is 1. The van der Waals surface area contributed by atoms with Gasteiger partial charge in [0.1, 0.15) is 0 Å². The predicted molar refractivity (Wildman–Crippen MR) is 57.8 cm³/mol. The Morgan fingerprint density at radius 2 is 2.31 bits per heavy atom. The second-order valence-electron chi connectivity index (χ2n) is 3.36. The quantitative estimate of drug-likeness (QED) is 0.801. The van der Waals surface area contributed by atoms with Crippen molar-refractivity contribution in [1.82, 2.24) is 20.0 Å². The van der Waals surface area contributed by atoms with Gasteiger partial charge in [-0.3, -0.25) is 4.68 Å². The van der Waals surface area contributed by atoms with E-state index in [2.05, 4.69) is 15.3 Å². The first-order valence-corrected chi connectivity index (χ1v) is 4.83. The summed E-state index contributed by atoms with van der Waals surface area (Å²) < 4.78 is 6.80.